The Bertz CT molecular complexity index is 885. The van der Waals surface area contributed by atoms with Crippen molar-refractivity contribution >= 4 is 21.8 Å². The second-order valence-corrected chi connectivity index (χ2v) is 8.02. The molecule has 2 atom stereocenters. The normalized spacial score (nSPS) is 16.4. The van der Waals surface area contributed by atoms with Crippen molar-refractivity contribution in [2.75, 3.05) is 6.54 Å². The summed E-state index contributed by atoms with van der Waals surface area (Å²) in [5.41, 5.74) is 2.02. The molecule has 0 bridgehead atoms. The van der Waals surface area contributed by atoms with Crippen molar-refractivity contribution in [2.45, 2.75) is 51.2 Å². The number of hydrogen-bond donors (Lipinski definition) is 0. The summed E-state index contributed by atoms with van der Waals surface area (Å²) in [5.74, 6) is -0.259. The van der Waals surface area contributed by atoms with E-state index < -0.39 is 18.1 Å². The topological polar surface area (TPSA) is 29.5 Å². The van der Waals surface area contributed by atoms with Crippen LogP contribution < -0.4 is 4.74 Å². The first-order valence-corrected chi connectivity index (χ1v) is 10.5. The highest BCUT2D eigenvalue weighted by Crippen LogP contribution is 2.47. The molecule has 0 aromatic heterocycles. The van der Waals surface area contributed by atoms with Gasteiger partial charge in [-0.15, -0.1) is 0 Å². The van der Waals surface area contributed by atoms with Gasteiger partial charge in [-0.3, -0.25) is 4.79 Å². The third-order valence-corrected chi connectivity index (χ3v) is 5.90. The van der Waals surface area contributed by atoms with Gasteiger partial charge in [-0.05, 0) is 44.4 Å². The highest BCUT2D eigenvalue weighted by atomic mass is 79.9. The lowest BCUT2D eigenvalue weighted by molar-refractivity contribution is -0.187. The lowest BCUT2D eigenvalue weighted by Crippen LogP contribution is -2.46. The van der Waals surface area contributed by atoms with Gasteiger partial charge in [-0.25, -0.2) is 0 Å². The van der Waals surface area contributed by atoms with Crippen LogP contribution in [-0.2, 0) is 4.79 Å². The summed E-state index contributed by atoms with van der Waals surface area (Å²) in [7, 11) is 0. The summed E-state index contributed by atoms with van der Waals surface area (Å²) in [4.78, 5) is 12.8. The number of carbonyl (C=O) groups is 1. The Balaban J connectivity index is 1.87. The average molecular weight is 470 g/mol. The van der Waals surface area contributed by atoms with E-state index >= 15 is 0 Å². The summed E-state index contributed by atoms with van der Waals surface area (Å²) in [6.07, 6.45) is -3.29. The predicted molar refractivity (Wildman–Crippen MR) is 109 cm³/mol. The second-order valence-electron chi connectivity index (χ2n) is 7.10. The van der Waals surface area contributed by atoms with Crippen LogP contribution in [-0.4, -0.2) is 29.6 Å². The van der Waals surface area contributed by atoms with E-state index in [1.165, 1.54) is 0 Å². The maximum atomic E-state index is 13.0. The molecular formula is C22H23BrF3NO2. The standard InChI is InChI=1S/C22H23BrF3NO2/c1-3-15(27(4-2)21(28)22(24,25)26)10-12-16-17-7-5-6-8-19(17)29-20-13-14(23)9-11-18(16)20/h5-9,11,13,15-16H,3-4,10,12H2,1-2H3. The molecular weight excluding hydrogens is 447 g/mol. The smallest absolute Gasteiger partial charge is 0.457 e. The van der Waals surface area contributed by atoms with Gasteiger partial charge in [0.1, 0.15) is 11.5 Å². The first kappa shape index (κ1) is 21.7. The van der Waals surface area contributed by atoms with Gasteiger partial charge < -0.3 is 9.64 Å². The predicted octanol–water partition coefficient (Wildman–Crippen LogP) is 6.66. The van der Waals surface area contributed by atoms with Gasteiger partial charge in [0.25, 0.3) is 0 Å². The summed E-state index contributed by atoms with van der Waals surface area (Å²) in [6.45, 7) is 3.44. The Morgan fingerprint density at radius 2 is 1.83 bits per heavy atom. The Hall–Kier alpha value is -2.02. The van der Waals surface area contributed by atoms with E-state index in [4.69, 9.17) is 4.74 Å². The molecule has 2 unspecified atom stereocenters. The summed E-state index contributed by atoms with van der Waals surface area (Å²) in [5, 5.41) is 0. The van der Waals surface area contributed by atoms with E-state index in [-0.39, 0.29) is 12.5 Å². The molecule has 2 aromatic rings. The van der Waals surface area contributed by atoms with Crippen molar-refractivity contribution in [1.82, 2.24) is 4.90 Å². The minimum atomic E-state index is -4.85. The van der Waals surface area contributed by atoms with E-state index in [1.54, 1.807) is 6.92 Å². The second kappa shape index (κ2) is 8.78. The fourth-order valence-electron chi connectivity index (χ4n) is 4.01. The van der Waals surface area contributed by atoms with Crippen LogP contribution in [0.3, 0.4) is 0 Å². The fraction of sp³-hybridized carbons (Fsp3) is 0.409. The summed E-state index contributed by atoms with van der Waals surface area (Å²) < 4.78 is 45.9. The molecule has 0 aliphatic carbocycles. The number of para-hydroxylation sites is 1. The maximum Gasteiger partial charge on any atom is 0.471 e. The number of carbonyl (C=O) groups excluding carboxylic acids is 1. The first-order chi connectivity index (χ1) is 13.8. The zero-order valence-corrected chi connectivity index (χ0v) is 17.9. The molecule has 0 radical (unpaired) electrons. The molecule has 1 heterocycles. The highest BCUT2D eigenvalue weighted by Gasteiger charge is 2.43. The van der Waals surface area contributed by atoms with Crippen molar-refractivity contribution in [1.29, 1.82) is 0 Å². The number of amides is 1. The zero-order chi connectivity index (χ0) is 21.2. The third-order valence-electron chi connectivity index (χ3n) is 5.41. The van der Waals surface area contributed by atoms with Crippen LogP contribution in [0.15, 0.2) is 46.9 Å². The SMILES string of the molecule is CCC(CCC1c2ccccc2Oc2cc(Br)ccc21)N(CC)C(=O)C(F)(F)F. The van der Waals surface area contributed by atoms with Crippen LogP contribution in [0.5, 0.6) is 11.5 Å². The summed E-state index contributed by atoms with van der Waals surface area (Å²) in [6, 6.07) is 13.1. The maximum absolute atomic E-state index is 13.0. The van der Waals surface area contributed by atoms with Gasteiger partial charge in [0.15, 0.2) is 0 Å². The zero-order valence-electron chi connectivity index (χ0n) is 16.3. The molecule has 1 aliphatic heterocycles. The molecule has 2 aromatic carbocycles. The number of fused-ring (bicyclic) bond motifs is 2. The number of halogens is 4. The molecule has 3 rings (SSSR count). The van der Waals surface area contributed by atoms with E-state index in [1.807, 2.05) is 49.4 Å². The largest absolute Gasteiger partial charge is 0.471 e. The van der Waals surface area contributed by atoms with Crippen molar-refractivity contribution in [3.8, 4) is 11.5 Å². The van der Waals surface area contributed by atoms with Gasteiger partial charge in [-0.2, -0.15) is 13.2 Å². The van der Waals surface area contributed by atoms with E-state index in [9.17, 15) is 18.0 Å². The van der Waals surface area contributed by atoms with E-state index in [0.717, 1.165) is 32.0 Å². The lowest BCUT2D eigenvalue weighted by atomic mass is 9.83. The Morgan fingerprint density at radius 3 is 2.48 bits per heavy atom. The Kier molecular flexibility index (Phi) is 6.56. The van der Waals surface area contributed by atoms with Crippen LogP contribution in [0.1, 0.15) is 50.2 Å². The van der Waals surface area contributed by atoms with E-state index in [2.05, 4.69) is 15.9 Å². The van der Waals surface area contributed by atoms with Gasteiger partial charge in [0, 0.05) is 34.1 Å². The quantitative estimate of drug-likeness (QED) is 0.473. The summed E-state index contributed by atoms with van der Waals surface area (Å²) >= 11 is 3.46. The molecule has 0 fully saturated rings. The van der Waals surface area contributed by atoms with E-state index in [0.29, 0.717) is 19.3 Å². The van der Waals surface area contributed by atoms with Crippen molar-refractivity contribution in [3.63, 3.8) is 0 Å². The van der Waals surface area contributed by atoms with Gasteiger partial charge >= 0.3 is 12.1 Å². The molecule has 0 spiro atoms. The van der Waals surface area contributed by atoms with Crippen LogP contribution in [0.25, 0.3) is 0 Å². The minimum absolute atomic E-state index is 0.00297. The molecule has 0 saturated carbocycles. The third kappa shape index (κ3) is 4.60. The molecule has 156 valence electrons. The van der Waals surface area contributed by atoms with Crippen LogP contribution in [0.2, 0.25) is 0 Å². The molecule has 3 nitrogen and oxygen atoms in total. The van der Waals surface area contributed by atoms with Crippen molar-refractivity contribution in [3.05, 3.63) is 58.1 Å². The number of rotatable bonds is 6. The number of ether oxygens (including phenoxy) is 1. The minimum Gasteiger partial charge on any atom is -0.457 e. The van der Waals surface area contributed by atoms with Crippen molar-refractivity contribution in [2.24, 2.45) is 0 Å². The number of nitrogens with zero attached hydrogens (tertiary/aromatic N) is 1. The van der Waals surface area contributed by atoms with Gasteiger partial charge in [0.05, 0.1) is 0 Å². The van der Waals surface area contributed by atoms with Crippen molar-refractivity contribution < 1.29 is 22.7 Å². The molecule has 29 heavy (non-hydrogen) atoms. The Labute approximate surface area is 177 Å². The highest BCUT2D eigenvalue weighted by molar-refractivity contribution is 9.10. The molecule has 7 heteroatoms. The number of hydrogen-bond acceptors (Lipinski definition) is 2. The molecule has 0 N–H and O–H groups in total. The van der Waals surface area contributed by atoms with Crippen LogP contribution >= 0.6 is 15.9 Å². The van der Waals surface area contributed by atoms with Crippen LogP contribution in [0.4, 0.5) is 13.2 Å². The van der Waals surface area contributed by atoms with Crippen LogP contribution in [0, 0.1) is 0 Å². The molecule has 1 aliphatic rings. The lowest BCUT2D eigenvalue weighted by Gasteiger charge is -2.33. The number of alkyl halides is 3. The molecule has 1 amide bonds. The fourth-order valence-corrected chi connectivity index (χ4v) is 4.35. The number of benzene rings is 2. The van der Waals surface area contributed by atoms with Gasteiger partial charge in [-0.1, -0.05) is 47.1 Å². The Morgan fingerprint density at radius 1 is 1.14 bits per heavy atom. The average Bonchev–Trinajstić information content (AvgIpc) is 2.68. The van der Waals surface area contributed by atoms with Gasteiger partial charge in [0.2, 0.25) is 0 Å². The molecule has 0 saturated heterocycles. The first-order valence-electron chi connectivity index (χ1n) is 9.70. The monoisotopic (exact) mass is 469 g/mol.